The Morgan fingerprint density at radius 2 is 1.87 bits per heavy atom. The van der Waals surface area contributed by atoms with Crippen molar-refractivity contribution >= 4 is 12.0 Å². The Morgan fingerprint density at radius 3 is 2.50 bits per heavy atom. The van der Waals surface area contributed by atoms with E-state index in [9.17, 15) is 29.4 Å². The largest absolute Gasteiger partial charge is 0.444 e. The number of H-pyrrole nitrogens is 1. The average Bonchev–Trinajstić information content (AvgIpc) is 3.01. The van der Waals surface area contributed by atoms with Gasteiger partial charge in [-0.25, -0.2) is 9.59 Å². The third-order valence-electron chi connectivity index (χ3n) is 4.43. The van der Waals surface area contributed by atoms with Crippen molar-refractivity contribution in [1.82, 2.24) is 14.9 Å². The van der Waals surface area contributed by atoms with Gasteiger partial charge in [-0.05, 0) is 5.56 Å². The average molecular weight is 421 g/mol. The van der Waals surface area contributed by atoms with Gasteiger partial charge < -0.3 is 24.8 Å². The molecule has 12 nitrogen and oxygen atoms in total. The van der Waals surface area contributed by atoms with Gasteiger partial charge in [0, 0.05) is 6.20 Å². The SMILES string of the molecule is O=C(NC(=O)c1cn([C@H]2O[C@@H](CO)[C@@H](O)[C@@H]2O)c(=O)[nH]c1=O)OCc1ccccc1. The second-order valence-electron chi connectivity index (χ2n) is 6.45. The van der Waals surface area contributed by atoms with Crippen LogP contribution >= 0.6 is 0 Å². The van der Waals surface area contributed by atoms with Gasteiger partial charge in [-0.1, -0.05) is 30.3 Å². The molecule has 0 unspecified atom stereocenters. The van der Waals surface area contributed by atoms with Crippen LogP contribution in [0, 0.1) is 0 Å². The summed E-state index contributed by atoms with van der Waals surface area (Å²) >= 11 is 0. The Kier molecular flexibility index (Phi) is 6.42. The van der Waals surface area contributed by atoms with Crippen molar-refractivity contribution in [2.24, 2.45) is 0 Å². The standard InChI is InChI=1S/C18H19N3O9/c22-7-11-12(23)13(24)16(30-11)21-6-10(14(25)19-17(21)27)15(26)20-18(28)29-8-9-4-2-1-3-5-9/h1-6,11-13,16,22-24H,7-8H2,(H,19,25,27)(H,20,26,28)/t11-,12+,13-,16-/m0/s1. The summed E-state index contributed by atoms with van der Waals surface area (Å²) < 4.78 is 10.8. The molecule has 1 aliphatic heterocycles. The Morgan fingerprint density at radius 1 is 1.17 bits per heavy atom. The summed E-state index contributed by atoms with van der Waals surface area (Å²) in [6.45, 7) is -0.744. The van der Waals surface area contributed by atoms with Crippen LogP contribution in [0.15, 0.2) is 46.1 Å². The number of carbonyl (C=O) groups is 2. The topological polar surface area (TPSA) is 180 Å². The zero-order valence-electron chi connectivity index (χ0n) is 15.4. The van der Waals surface area contributed by atoms with E-state index in [1.165, 1.54) is 0 Å². The highest BCUT2D eigenvalue weighted by atomic mass is 16.6. The molecule has 0 spiro atoms. The molecule has 160 valence electrons. The van der Waals surface area contributed by atoms with Crippen molar-refractivity contribution in [3.63, 3.8) is 0 Å². The van der Waals surface area contributed by atoms with E-state index < -0.39 is 60.0 Å². The van der Waals surface area contributed by atoms with Crippen LogP contribution in [0.1, 0.15) is 22.1 Å². The highest BCUT2D eigenvalue weighted by molar-refractivity contribution is 6.02. The number of rotatable bonds is 5. The normalized spacial score (nSPS) is 23.2. The number of ether oxygens (including phenoxy) is 2. The smallest absolute Gasteiger partial charge is 0.414 e. The molecule has 30 heavy (non-hydrogen) atoms. The maximum atomic E-state index is 12.3. The molecule has 1 aromatic carbocycles. The third kappa shape index (κ3) is 4.46. The summed E-state index contributed by atoms with van der Waals surface area (Å²) in [7, 11) is 0. The number of aromatic amines is 1. The Hall–Kier alpha value is -3.32. The van der Waals surface area contributed by atoms with Crippen molar-refractivity contribution in [3.05, 3.63) is 68.5 Å². The molecule has 1 fully saturated rings. The Bertz CT molecular complexity index is 1030. The van der Waals surface area contributed by atoms with Crippen LogP contribution in [-0.4, -0.2) is 61.8 Å². The number of nitrogens with one attached hydrogen (secondary N) is 2. The van der Waals surface area contributed by atoms with E-state index in [1.807, 2.05) is 10.3 Å². The highest BCUT2D eigenvalue weighted by Crippen LogP contribution is 2.27. The quantitative estimate of drug-likeness (QED) is 0.373. The maximum Gasteiger partial charge on any atom is 0.414 e. The van der Waals surface area contributed by atoms with Gasteiger partial charge in [-0.3, -0.25) is 24.5 Å². The zero-order chi connectivity index (χ0) is 21.8. The monoisotopic (exact) mass is 421 g/mol. The van der Waals surface area contributed by atoms with E-state index in [0.717, 1.165) is 6.20 Å². The van der Waals surface area contributed by atoms with Gasteiger partial charge in [0.2, 0.25) is 0 Å². The number of aliphatic hydroxyl groups excluding tert-OH is 3. The first-order valence-corrected chi connectivity index (χ1v) is 8.81. The molecule has 5 N–H and O–H groups in total. The number of imide groups is 1. The number of alkyl carbamates (subject to hydrolysis) is 1. The Labute approximate surface area is 168 Å². The number of amides is 2. The number of aliphatic hydroxyl groups is 3. The number of hydrogen-bond donors (Lipinski definition) is 5. The molecular formula is C18H19N3O9. The van der Waals surface area contributed by atoms with E-state index in [1.54, 1.807) is 30.3 Å². The van der Waals surface area contributed by atoms with Gasteiger partial charge in [0.25, 0.3) is 11.5 Å². The fourth-order valence-corrected chi connectivity index (χ4v) is 2.87. The van der Waals surface area contributed by atoms with Crippen molar-refractivity contribution < 1.29 is 34.4 Å². The van der Waals surface area contributed by atoms with Crippen LogP contribution in [0.5, 0.6) is 0 Å². The number of carbonyl (C=O) groups excluding carboxylic acids is 2. The molecule has 0 saturated carbocycles. The first-order valence-electron chi connectivity index (χ1n) is 8.81. The number of nitrogens with zero attached hydrogens (tertiary/aromatic N) is 1. The van der Waals surface area contributed by atoms with E-state index in [-0.39, 0.29) is 6.61 Å². The first-order chi connectivity index (χ1) is 14.3. The van der Waals surface area contributed by atoms with E-state index >= 15 is 0 Å². The van der Waals surface area contributed by atoms with Crippen LogP contribution in [0.2, 0.25) is 0 Å². The van der Waals surface area contributed by atoms with Gasteiger partial charge >= 0.3 is 11.8 Å². The number of benzene rings is 1. The Balaban J connectivity index is 1.75. The fraction of sp³-hybridized carbons (Fsp3) is 0.333. The van der Waals surface area contributed by atoms with Crippen LogP contribution in [0.3, 0.4) is 0 Å². The minimum atomic E-state index is -1.61. The van der Waals surface area contributed by atoms with Gasteiger partial charge in [0.15, 0.2) is 6.23 Å². The summed E-state index contributed by atoms with van der Waals surface area (Å²) in [5, 5.41) is 30.9. The van der Waals surface area contributed by atoms with Crippen LogP contribution in [0.4, 0.5) is 4.79 Å². The summed E-state index contributed by atoms with van der Waals surface area (Å²) in [4.78, 5) is 50.1. The summed E-state index contributed by atoms with van der Waals surface area (Å²) in [6, 6.07) is 8.67. The van der Waals surface area contributed by atoms with Gasteiger partial charge in [-0.2, -0.15) is 0 Å². The molecule has 1 aromatic heterocycles. The van der Waals surface area contributed by atoms with Crippen molar-refractivity contribution in [3.8, 4) is 0 Å². The molecule has 3 rings (SSSR count). The molecule has 1 aliphatic rings. The van der Waals surface area contributed by atoms with Gasteiger partial charge in [0.05, 0.1) is 6.61 Å². The zero-order valence-corrected chi connectivity index (χ0v) is 15.4. The van der Waals surface area contributed by atoms with E-state index in [2.05, 4.69) is 0 Å². The summed E-state index contributed by atoms with van der Waals surface area (Å²) in [5.74, 6) is -1.16. The first kappa shape index (κ1) is 21.4. The molecule has 4 atom stereocenters. The van der Waals surface area contributed by atoms with E-state index in [0.29, 0.717) is 10.1 Å². The minimum absolute atomic E-state index is 0.113. The molecule has 2 heterocycles. The van der Waals surface area contributed by atoms with E-state index in [4.69, 9.17) is 14.6 Å². The molecule has 12 heteroatoms. The molecule has 1 saturated heterocycles. The highest BCUT2D eigenvalue weighted by Gasteiger charge is 2.44. The second kappa shape index (κ2) is 9.00. The van der Waals surface area contributed by atoms with Gasteiger partial charge in [-0.15, -0.1) is 0 Å². The molecular weight excluding hydrogens is 402 g/mol. The van der Waals surface area contributed by atoms with Crippen LogP contribution in [0.25, 0.3) is 0 Å². The molecule has 0 bridgehead atoms. The number of hydrogen-bond acceptors (Lipinski definition) is 9. The predicted molar refractivity (Wildman–Crippen MR) is 98.4 cm³/mol. The lowest BCUT2D eigenvalue weighted by atomic mass is 10.1. The predicted octanol–water partition coefficient (Wildman–Crippen LogP) is -1.79. The minimum Gasteiger partial charge on any atom is -0.444 e. The molecule has 0 aliphatic carbocycles. The van der Waals surface area contributed by atoms with Crippen molar-refractivity contribution in [2.45, 2.75) is 31.1 Å². The molecule has 2 aromatic rings. The van der Waals surface area contributed by atoms with Crippen molar-refractivity contribution in [1.29, 1.82) is 0 Å². The lowest BCUT2D eigenvalue weighted by Crippen LogP contribution is -2.42. The van der Waals surface area contributed by atoms with Crippen LogP contribution in [-0.2, 0) is 16.1 Å². The maximum absolute atomic E-state index is 12.3. The lowest BCUT2D eigenvalue weighted by molar-refractivity contribution is -0.0551. The third-order valence-corrected chi connectivity index (χ3v) is 4.43. The second-order valence-corrected chi connectivity index (χ2v) is 6.45. The fourth-order valence-electron chi connectivity index (χ4n) is 2.87. The van der Waals surface area contributed by atoms with Crippen molar-refractivity contribution in [2.75, 3.05) is 6.61 Å². The van der Waals surface area contributed by atoms with Gasteiger partial charge in [0.1, 0.15) is 30.5 Å². The molecule has 2 amide bonds. The summed E-state index contributed by atoms with van der Waals surface area (Å²) in [6.07, 6.45) is -6.09. The summed E-state index contributed by atoms with van der Waals surface area (Å²) in [5.41, 5.74) is -2.07. The number of aromatic nitrogens is 2. The van der Waals surface area contributed by atoms with Crippen LogP contribution < -0.4 is 16.6 Å². The molecule has 0 radical (unpaired) electrons. The lowest BCUT2D eigenvalue weighted by Gasteiger charge is -2.17.